The number of aromatic nitrogens is 1. The highest BCUT2D eigenvalue weighted by Crippen LogP contribution is 2.28. The molecular weight excluding hydrogens is 438 g/mol. The summed E-state index contributed by atoms with van der Waals surface area (Å²) in [5.41, 5.74) is 2.68. The van der Waals surface area contributed by atoms with E-state index in [-0.39, 0.29) is 24.5 Å². The maximum absolute atomic E-state index is 13.2. The summed E-state index contributed by atoms with van der Waals surface area (Å²) in [5.74, 6) is -0.911. The Morgan fingerprint density at radius 3 is 2.36 bits per heavy atom. The molecule has 0 fully saturated rings. The van der Waals surface area contributed by atoms with Crippen molar-refractivity contribution >= 4 is 40.2 Å². The Morgan fingerprint density at radius 1 is 0.939 bits per heavy atom. The van der Waals surface area contributed by atoms with Gasteiger partial charge >= 0.3 is 5.97 Å². The maximum Gasteiger partial charge on any atom is 0.313 e. The van der Waals surface area contributed by atoms with Crippen LogP contribution in [0.1, 0.15) is 67.1 Å². The van der Waals surface area contributed by atoms with Crippen molar-refractivity contribution in [1.82, 2.24) is 4.57 Å². The molecule has 0 aliphatic rings. The van der Waals surface area contributed by atoms with Crippen LogP contribution >= 0.6 is 11.6 Å². The molecule has 5 nitrogen and oxygen atoms in total. The zero-order valence-electron chi connectivity index (χ0n) is 19.2. The molecule has 0 unspecified atom stereocenters. The van der Waals surface area contributed by atoms with Gasteiger partial charge in [-0.05, 0) is 49.2 Å². The third-order valence-electron chi connectivity index (χ3n) is 5.76. The van der Waals surface area contributed by atoms with Gasteiger partial charge in [-0.15, -0.1) is 0 Å². The van der Waals surface area contributed by atoms with Gasteiger partial charge in [0.1, 0.15) is 12.2 Å². The Balaban J connectivity index is 1.71. The van der Waals surface area contributed by atoms with Crippen LogP contribution in [0, 0.1) is 6.92 Å². The summed E-state index contributed by atoms with van der Waals surface area (Å²) in [6.45, 7) is 4.33. The number of fused-ring (bicyclic) bond motifs is 1. The highest BCUT2D eigenvalue weighted by molar-refractivity contribution is 6.30. The Hall–Kier alpha value is -2.92. The van der Waals surface area contributed by atoms with Gasteiger partial charge in [-0.25, -0.2) is 0 Å². The molecule has 33 heavy (non-hydrogen) atoms. The average molecular weight is 468 g/mol. The Morgan fingerprint density at radius 2 is 1.64 bits per heavy atom. The van der Waals surface area contributed by atoms with Gasteiger partial charge in [-0.3, -0.25) is 19.0 Å². The molecule has 0 amide bonds. The molecule has 3 aromatic rings. The fraction of sp³-hybridized carbons (Fsp3) is 0.370. The molecule has 0 bridgehead atoms. The number of hydrogen-bond donors (Lipinski definition) is 0. The first-order valence-corrected chi connectivity index (χ1v) is 11.9. The number of ketones is 1. The molecule has 1 aromatic heterocycles. The van der Waals surface area contributed by atoms with Crippen LogP contribution in [-0.4, -0.2) is 28.8 Å². The monoisotopic (exact) mass is 467 g/mol. The molecule has 0 radical (unpaired) electrons. The molecule has 0 N–H and O–H groups in total. The summed E-state index contributed by atoms with van der Waals surface area (Å²) < 4.78 is 6.85. The zero-order chi connectivity index (χ0) is 23.8. The van der Waals surface area contributed by atoms with E-state index in [0.717, 1.165) is 42.1 Å². The van der Waals surface area contributed by atoms with Crippen LogP contribution < -0.4 is 0 Å². The second-order valence-corrected chi connectivity index (χ2v) is 8.69. The first-order valence-electron chi connectivity index (χ1n) is 11.5. The Bertz CT molecular complexity index is 1130. The Labute approximate surface area is 199 Å². The number of carbonyl (C=O) groups is 3. The van der Waals surface area contributed by atoms with Crippen LogP contribution in [0.15, 0.2) is 48.5 Å². The summed E-state index contributed by atoms with van der Waals surface area (Å²) in [4.78, 5) is 38.0. The minimum absolute atomic E-state index is 0.0683. The standard InChI is InChI=1S/C27H30ClNO4/c1-3-4-5-6-9-16-33-26(31)18-22(30)17-24-19(2)29(25-11-8-7-10-23(24)25)27(32)20-12-14-21(28)15-13-20/h7-8,10-15H,3-6,9,16-18H2,1-2H3. The molecule has 3 rings (SSSR count). The van der Waals surface area contributed by atoms with Crippen molar-refractivity contribution < 1.29 is 19.1 Å². The minimum Gasteiger partial charge on any atom is -0.465 e. The summed E-state index contributed by atoms with van der Waals surface area (Å²) in [5, 5.41) is 1.38. The van der Waals surface area contributed by atoms with Gasteiger partial charge in [-0.2, -0.15) is 0 Å². The quantitative estimate of drug-likeness (QED) is 0.188. The van der Waals surface area contributed by atoms with Gasteiger partial charge < -0.3 is 4.74 Å². The van der Waals surface area contributed by atoms with Gasteiger partial charge in [0.05, 0.1) is 12.1 Å². The van der Waals surface area contributed by atoms with E-state index in [4.69, 9.17) is 16.3 Å². The van der Waals surface area contributed by atoms with E-state index in [1.807, 2.05) is 31.2 Å². The van der Waals surface area contributed by atoms with Crippen LogP contribution in [-0.2, 0) is 20.7 Å². The summed E-state index contributed by atoms with van der Waals surface area (Å²) in [7, 11) is 0. The van der Waals surface area contributed by atoms with Crippen molar-refractivity contribution in [3.63, 3.8) is 0 Å². The number of ether oxygens (including phenoxy) is 1. The lowest BCUT2D eigenvalue weighted by Crippen LogP contribution is -2.16. The number of halogens is 1. The van der Waals surface area contributed by atoms with Crippen molar-refractivity contribution in [2.24, 2.45) is 0 Å². The van der Waals surface area contributed by atoms with Crippen molar-refractivity contribution in [1.29, 1.82) is 0 Å². The molecule has 0 saturated carbocycles. The van der Waals surface area contributed by atoms with Crippen molar-refractivity contribution in [2.45, 2.75) is 58.8 Å². The lowest BCUT2D eigenvalue weighted by molar-refractivity contribution is -0.146. The largest absolute Gasteiger partial charge is 0.465 e. The summed E-state index contributed by atoms with van der Waals surface area (Å²) in [6.07, 6.45) is 5.12. The zero-order valence-corrected chi connectivity index (χ0v) is 20.0. The number of nitrogens with zero attached hydrogens (tertiary/aromatic N) is 1. The van der Waals surface area contributed by atoms with Gasteiger partial charge in [0.2, 0.25) is 0 Å². The SMILES string of the molecule is CCCCCCCOC(=O)CC(=O)Cc1c(C)n(C(=O)c2ccc(Cl)cc2)c2ccccc12. The number of esters is 1. The van der Waals surface area contributed by atoms with E-state index < -0.39 is 5.97 Å². The molecule has 2 aromatic carbocycles. The van der Waals surface area contributed by atoms with Crippen LogP contribution in [0.3, 0.4) is 0 Å². The third kappa shape index (κ3) is 6.32. The van der Waals surface area contributed by atoms with Crippen LogP contribution in [0.2, 0.25) is 5.02 Å². The summed E-state index contributed by atoms with van der Waals surface area (Å²) >= 11 is 5.96. The fourth-order valence-corrected chi connectivity index (χ4v) is 4.13. The molecular formula is C27H30ClNO4. The average Bonchev–Trinajstić information content (AvgIpc) is 3.07. The molecule has 1 heterocycles. The maximum atomic E-state index is 13.2. The predicted octanol–water partition coefficient (Wildman–Crippen LogP) is 6.31. The molecule has 0 spiro atoms. The van der Waals surface area contributed by atoms with Crippen molar-refractivity contribution in [3.8, 4) is 0 Å². The highest BCUT2D eigenvalue weighted by Gasteiger charge is 2.22. The van der Waals surface area contributed by atoms with Crippen LogP contribution in [0.25, 0.3) is 10.9 Å². The second-order valence-electron chi connectivity index (χ2n) is 8.26. The van der Waals surface area contributed by atoms with Crippen molar-refractivity contribution in [2.75, 3.05) is 6.61 Å². The first-order chi connectivity index (χ1) is 15.9. The van der Waals surface area contributed by atoms with Crippen molar-refractivity contribution in [3.05, 3.63) is 70.4 Å². The lowest BCUT2D eigenvalue weighted by atomic mass is 10.0. The van der Waals surface area contributed by atoms with E-state index in [0.29, 0.717) is 22.9 Å². The normalized spacial score (nSPS) is 11.0. The second kappa shape index (κ2) is 11.8. The molecule has 0 aliphatic heterocycles. The highest BCUT2D eigenvalue weighted by atomic mass is 35.5. The topological polar surface area (TPSA) is 65.4 Å². The molecule has 174 valence electrons. The molecule has 0 aliphatic carbocycles. The van der Waals surface area contributed by atoms with E-state index in [9.17, 15) is 14.4 Å². The van der Waals surface area contributed by atoms with E-state index in [1.165, 1.54) is 6.42 Å². The smallest absolute Gasteiger partial charge is 0.313 e. The first kappa shape index (κ1) is 24.7. The van der Waals surface area contributed by atoms with E-state index in [1.54, 1.807) is 28.8 Å². The van der Waals surface area contributed by atoms with Crippen LogP contribution in [0.5, 0.6) is 0 Å². The summed E-state index contributed by atoms with van der Waals surface area (Å²) in [6, 6.07) is 14.2. The number of para-hydroxylation sites is 1. The number of Topliss-reactive ketones (excluding diaryl/α,β-unsaturated/α-hetero) is 1. The Kier molecular flexibility index (Phi) is 8.84. The van der Waals surface area contributed by atoms with Crippen LogP contribution in [0.4, 0.5) is 0 Å². The van der Waals surface area contributed by atoms with Gasteiger partial charge in [0, 0.05) is 28.1 Å². The predicted molar refractivity (Wildman–Crippen MR) is 131 cm³/mol. The lowest BCUT2D eigenvalue weighted by Gasteiger charge is -2.08. The molecule has 0 saturated heterocycles. The molecule has 0 atom stereocenters. The number of unbranched alkanes of at least 4 members (excludes halogenated alkanes) is 4. The minimum atomic E-state index is -0.492. The van der Waals surface area contributed by atoms with Gasteiger partial charge in [0.15, 0.2) is 0 Å². The number of hydrogen-bond acceptors (Lipinski definition) is 4. The van der Waals surface area contributed by atoms with E-state index in [2.05, 4.69) is 6.92 Å². The number of rotatable bonds is 11. The van der Waals surface area contributed by atoms with Gasteiger partial charge in [-0.1, -0.05) is 62.4 Å². The van der Waals surface area contributed by atoms with E-state index >= 15 is 0 Å². The fourth-order valence-electron chi connectivity index (χ4n) is 4.00. The number of carbonyl (C=O) groups excluding carboxylic acids is 3. The van der Waals surface area contributed by atoms with Gasteiger partial charge in [0.25, 0.3) is 5.91 Å². The molecule has 6 heteroatoms. The third-order valence-corrected chi connectivity index (χ3v) is 6.01. The number of benzene rings is 2.